The molecule has 0 aromatic heterocycles. The van der Waals surface area contributed by atoms with Crippen molar-refractivity contribution in [3.05, 3.63) is 30.1 Å². The molecule has 0 aliphatic rings. The maximum atomic E-state index is 12.8. The number of aliphatic carboxylic acids is 1. The minimum atomic E-state index is -3.95. The summed E-state index contributed by atoms with van der Waals surface area (Å²) in [6.07, 6.45) is 0.381. The monoisotopic (exact) mass is 346 g/mol. The molecule has 1 amide bonds. The number of rotatable bonds is 9. The second kappa shape index (κ2) is 8.59. The highest BCUT2D eigenvalue weighted by molar-refractivity contribution is 7.89. The Balaban J connectivity index is 2.65. The van der Waals surface area contributed by atoms with Gasteiger partial charge in [0, 0.05) is 13.0 Å². The van der Waals surface area contributed by atoms with E-state index >= 15 is 0 Å². The van der Waals surface area contributed by atoms with Crippen molar-refractivity contribution in [3.8, 4) is 0 Å². The minimum Gasteiger partial charge on any atom is -0.481 e. The first-order valence-corrected chi connectivity index (χ1v) is 8.52. The average Bonchev–Trinajstić information content (AvgIpc) is 2.49. The number of hydrogen-bond donors (Lipinski definition) is 3. The van der Waals surface area contributed by atoms with Crippen LogP contribution >= 0.6 is 0 Å². The van der Waals surface area contributed by atoms with Gasteiger partial charge >= 0.3 is 5.97 Å². The lowest BCUT2D eigenvalue weighted by molar-refractivity contribution is -0.137. The lowest BCUT2D eigenvalue weighted by atomic mass is 10.2. The maximum absolute atomic E-state index is 12.8. The van der Waals surface area contributed by atoms with Crippen LogP contribution in [0.4, 0.5) is 4.39 Å². The molecule has 0 bridgehead atoms. The van der Waals surface area contributed by atoms with E-state index in [9.17, 15) is 22.4 Å². The lowest BCUT2D eigenvalue weighted by Crippen LogP contribution is -2.46. The second-order valence-electron chi connectivity index (χ2n) is 4.82. The van der Waals surface area contributed by atoms with Crippen molar-refractivity contribution >= 4 is 21.9 Å². The van der Waals surface area contributed by atoms with Gasteiger partial charge in [0.1, 0.15) is 11.9 Å². The molecular weight excluding hydrogens is 327 g/mol. The number of halogens is 1. The zero-order valence-electron chi connectivity index (χ0n) is 12.6. The summed E-state index contributed by atoms with van der Waals surface area (Å²) in [4.78, 5) is 22.2. The van der Waals surface area contributed by atoms with E-state index in [0.717, 1.165) is 24.3 Å². The Bertz CT molecular complexity index is 646. The highest BCUT2D eigenvalue weighted by Gasteiger charge is 2.24. The fourth-order valence-corrected chi connectivity index (χ4v) is 3.04. The Hall–Kier alpha value is -2.00. The van der Waals surface area contributed by atoms with Gasteiger partial charge in [-0.1, -0.05) is 6.92 Å². The highest BCUT2D eigenvalue weighted by atomic mass is 32.2. The Morgan fingerprint density at radius 2 is 1.87 bits per heavy atom. The normalized spacial score (nSPS) is 12.6. The Labute approximate surface area is 133 Å². The van der Waals surface area contributed by atoms with Crippen molar-refractivity contribution in [2.45, 2.75) is 37.1 Å². The van der Waals surface area contributed by atoms with Gasteiger partial charge in [-0.3, -0.25) is 9.59 Å². The predicted octanol–water partition coefficient (Wildman–Crippen LogP) is 0.864. The van der Waals surface area contributed by atoms with Gasteiger partial charge in [0.15, 0.2) is 0 Å². The van der Waals surface area contributed by atoms with E-state index in [1.54, 1.807) is 6.92 Å². The van der Waals surface area contributed by atoms with E-state index in [0.29, 0.717) is 0 Å². The summed E-state index contributed by atoms with van der Waals surface area (Å²) in [7, 11) is -3.95. The van der Waals surface area contributed by atoms with Gasteiger partial charge in [0.2, 0.25) is 15.9 Å². The first kappa shape index (κ1) is 19.0. The molecule has 1 aromatic rings. The standard InChI is InChI=1S/C14H19FN2O5S/c1-2-12(14(20)16-9-3-4-13(18)19)17-23(21,22)11-7-5-10(15)6-8-11/h5-8,12,17H,2-4,9H2,1H3,(H,16,20)(H,18,19). The molecule has 0 radical (unpaired) electrons. The molecule has 0 saturated heterocycles. The number of sulfonamides is 1. The van der Waals surface area contributed by atoms with Gasteiger partial charge in [-0.2, -0.15) is 4.72 Å². The van der Waals surface area contributed by atoms with Crippen molar-refractivity contribution < 1.29 is 27.5 Å². The lowest BCUT2D eigenvalue weighted by Gasteiger charge is -2.17. The fraction of sp³-hybridized carbons (Fsp3) is 0.429. The molecule has 3 N–H and O–H groups in total. The molecule has 1 rings (SSSR count). The van der Waals surface area contributed by atoms with E-state index in [4.69, 9.17) is 5.11 Å². The number of carboxylic acid groups (broad SMARTS) is 1. The van der Waals surface area contributed by atoms with E-state index < -0.39 is 33.8 Å². The molecule has 0 heterocycles. The Morgan fingerprint density at radius 1 is 1.26 bits per heavy atom. The highest BCUT2D eigenvalue weighted by Crippen LogP contribution is 2.11. The molecule has 0 aliphatic heterocycles. The first-order chi connectivity index (χ1) is 10.8. The van der Waals surface area contributed by atoms with E-state index in [-0.39, 0.29) is 30.7 Å². The molecule has 1 atom stereocenters. The van der Waals surface area contributed by atoms with Gasteiger partial charge in [-0.15, -0.1) is 0 Å². The SMILES string of the molecule is CCC(NS(=O)(=O)c1ccc(F)cc1)C(=O)NCCCC(=O)O. The van der Waals surface area contributed by atoms with Crippen molar-refractivity contribution in [1.82, 2.24) is 10.0 Å². The van der Waals surface area contributed by atoms with Crippen LogP contribution < -0.4 is 10.0 Å². The summed E-state index contributed by atoms with van der Waals surface area (Å²) in [5.41, 5.74) is 0. The summed E-state index contributed by atoms with van der Waals surface area (Å²) < 4.78 is 39.4. The van der Waals surface area contributed by atoms with Crippen molar-refractivity contribution in [2.24, 2.45) is 0 Å². The molecule has 23 heavy (non-hydrogen) atoms. The van der Waals surface area contributed by atoms with Gasteiger partial charge in [0.05, 0.1) is 4.90 Å². The van der Waals surface area contributed by atoms with Crippen LogP contribution in [0.1, 0.15) is 26.2 Å². The molecule has 9 heteroatoms. The molecule has 0 spiro atoms. The van der Waals surface area contributed by atoms with Gasteiger partial charge in [0.25, 0.3) is 0 Å². The molecule has 0 fully saturated rings. The first-order valence-electron chi connectivity index (χ1n) is 7.03. The third-order valence-electron chi connectivity index (χ3n) is 3.01. The molecule has 0 aliphatic carbocycles. The number of carbonyl (C=O) groups excluding carboxylic acids is 1. The van der Waals surface area contributed by atoms with Crippen LogP contribution in [0.3, 0.4) is 0 Å². The zero-order chi connectivity index (χ0) is 17.5. The van der Waals surface area contributed by atoms with Crippen molar-refractivity contribution in [1.29, 1.82) is 0 Å². The van der Waals surface area contributed by atoms with Crippen molar-refractivity contribution in [2.75, 3.05) is 6.54 Å². The Kier molecular flexibility index (Phi) is 7.11. The van der Waals surface area contributed by atoms with Gasteiger partial charge in [-0.05, 0) is 37.1 Å². The number of benzene rings is 1. The fourth-order valence-electron chi connectivity index (χ4n) is 1.77. The number of hydrogen-bond acceptors (Lipinski definition) is 4. The largest absolute Gasteiger partial charge is 0.481 e. The topological polar surface area (TPSA) is 113 Å². The Morgan fingerprint density at radius 3 is 2.39 bits per heavy atom. The van der Waals surface area contributed by atoms with Gasteiger partial charge < -0.3 is 10.4 Å². The summed E-state index contributed by atoms with van der Waals surface area (Å²) in [6.45, 7) is 1.77. The summed E-state index contributed by atoms with van der Waals surface area (Å²) in [6, 6.07) is 3.25. The molecular formula is C14H19FN2O5S. The third kappa shape index (κ3) is 6.33. The number of carboxylic acids is 1. The summed E-state index contributed by atoms with van der Waals surface area (Å²) in [5, 5.41) is 11.0. The van der Waals surface area contributed by atoms with Crippen LogP contribution in [0.5, 0.6) is 0 Å². The molecule has 1 unspecified atom stereocenters. The molecule has 7 nitrogen and oxygen atoms in total. The van der Waals surface area contributed by atoms with Crippen LogP contribution in [-0.2, 0) is 19.6 Å². The summed E-state index contributed by atoms with van der Waals surface area (Å²) >= 11 is 0. The zero-order valence-corrected chi connectivity index (χ0v) is 13.4. The average molecular weight is 346 g/mol. The van der Waals surface area contributed by atoms with Crippen molar-refractivity contribution in [3.63, 3.8) is 0 Å². The van der Waals surface area contributed by atoms with E-state index in [1.165, 1.54) is 0 Å². The predicted molar refractivity (Wildman–Crippen MR) is 80.7 cm³/mol. The van der Waals surface area contributed by atoms with Crippen LogP contribution in [0.15, 0.2) is 29.2 Å². The minimum absolute atomic E-state index is 0.0849. The van der Waals surface area contributed by atoms with E-state index in [2.05, 4.69) is 10.0 Å². The number of carbonyl (C=O) groups is 2. The number of nitrogens with one attached hydrogen (secondary N) is 2. The summed E-state index contributed by atoms with van der Waals surface area (Å²) in [5.74, 6) is -2.07. The maximum Gasteiger partial charge on any atom is 0.303 e. The quantitative estimate of drug-likeness (QED) is 0.574. The smallest absolute Gasteiger partial charge is 0.303 e. The second-order valence-corrected chi connectivity index (χ2v) is 6.54. The van der Waals surface area contributed by atoms with Crippen LogP contribution in [0.2, 0.25) is 0 Å². The van der Waals surface area contributed by atoms with E-state index in [1.807, 2.05) is 0 Å². The van der Waals surface area contributed by atoms with Crippen LogP contribution in [0, 0.1) is 5.82 Å². The molecule has 1 aromatic carbocycles. The third-order valence-corrected chi connectivity index (χ3v) is 4.50. The van der Waals surface area contributed by atoms with Gasteiger partial charge in [-0.25, -0.2) is 12.8 Å². The van der Waals surface area contributed by atoms with Crippen LogP contribution in [0.25, 0.3) is 0 Å². The molecule has 0 saturated carbocycles. The van der Waals surface area contributed by atoms with Crippen LogP contribution in [-0.4, -0.2) is 38.0 Å². The number of amides is 1. The molecule has 128 valence electrons.